The van der Waals surface area contributed by atoms with E-state index in [1.807, 2.05) is 55.5 Å². The molecule has 0 aliphatic heterocycles. The summed E-state index contributed by atoms with van der Waals surface area (Å²) in [5.41, 5.74) is 1.82. The Morgan fingerprint density at radius 1 is 0.931 bits per heavy atom. The van der Waals surface area contributed by atoms with Gasteiger partial charge >= 0.3 is 5.63 Å². The first-order valence-corrected chi connectivity index (χ1v) is 9.24. The van der Waals surface area contributed by atoms with Gasteiger partial charge in [0.1, 0.15) is 11.4 Å². The van der Waals surface area contributed by atoms with Gasteiger partial charge in [0.05, 0.1) is 10.9 Å². The molecule has 0 saturated heterocycles. The maximum atomic E-state index is 13.0. The van der Waals surface area contributed by atoms with Crippen molar-refractivity contribution in [2.75, 3.05) is 5.32 Å². The molecule has 0 atom stereocenters. The lowest BCUT2D eigenvalue weighted by atomic mass is 10.0. The zero-order valence-electron chi connectivity index (χ0n) is 15.6. The number of nitrogens with zero attached hydrogens (tertiary/aromatic N) is 1. The largest absolute Gasteiger partial charge is 0.422 e. The quantitative estimate of drug-likeness (QED) is 0.343. The van der Waals surface area contributed by atoms with Crippen molar-refractivity contribution in [2.24, 2.45) is 0 Å². The SMILES string of the molecule is Cc1cc(NC(=O)c2cccc3ccccc23)nc2c1c(=O)oc1ccccc12. The first kappa shape index (κ1) is 17.1. The second kappa shape index (κ2) is 6.56. The van der Waals surface area contributed by atoms with Crippen LogP contribution in [0.3, 0.4) is 0 Å². The van der Waals surface area contributed by atoms with Crippen LogP contribution in [0.1, 0.15) is 15.9 Å². The summed E-state index contributed by atoms with van der Waals surface area (Å²) in [5, 5.41) is 5.90. The number of rotatable bonds is 2. The van der Waals surface area contributed by atoms with Crippen molar-refractivity contribution >= 4 is 44.4 Å². The molecule has 2 aromatic heterocycles. The lowest BCUT2D eigenvalue weighted by molar-refractivity contribution is 0.102. The summed E-state index contributed by atoms with van der Waals surface area (Å²) in [4.78, 5) is 30.0. The minimum absolute atomic E-state index is 0.250. The van der Waals surface area contributed by atoms with Gasteiger partial charge in [-0.25, -0.2) is 9.78 Å². The number of nitrogens with one attached hydrogen (secondary N) is 1. The van der Waals surface area contributed by atoms with E-state index >= 15 is 0 Å². The third-order valence-electron chi connectivity index (χ3n) is 5.04. The molecule has 1 N–H and O–H groups in total. The Labute approximate surface area is 165 Å². The number of hydrogen-bond donors (Lipinski definition) is 1. The van der Waals surface area contributed by atoms with Gasteiger partial charge in [-0.1, -0.05) is 48.5 Å². The Balaban J connectivity index is 1.65. The molecule has 0 aliphatic carbocycles. The minimum Gasteiger partial charge on any atom is -0.422 e. The van der Waals surface area contributed by atoms with Crippen LogP contribution in [-0.2, 0) is 0 Å². The van der Waals surface area contributed by atoms with Gasteiger partial charge < -0.3 is 9.73 Å². The first-order valence-electron chi connectivity index (χ1n) is 9.24. The lowest BCUT2D eigenvalue weighted by Gasteiger charge is -2.10. The molecule has 1 amide bonds. The van der Waals surface area contributed by atoms with Crippen LogP contribution in [-0.4, -0.2) is 10.9 Å². The van der Waals surface area contributed by atoms with Gasteiger partial charge in [0.25, 0.3) is 5.91 Å². The minimum atomic E-state index is -0.435. The highest BCUT2D eigenvalue weighted by Gasteiger charge is 2.15. The lowest BCUT2D eigenvalue weighted by Crippen LogP contribution is -2.14. The summed E-state index contributed by atoms with van der Waals surface area (Å²) in [6, 6.07) is 22.3. The first-order chi connectivity index (χ1) is 14.1. The van der Waals surface area contributed by atoms with E-state index < -0.39 is 5.63 Å². The predicted molar refractivity (Wildman–Crippen MR) is 114 cm³/mol. The van der Waals surface area contributed by atoms with Crippen molar-refractivity contribution in [1.29, 1.82) is 0 Å². The van der Waals surface area contributed by atoms with E-state index in [1.54, 1.807) is 24.3 Å². The van der Waals surface area contributed by atoms with Gasteiger partial charge in [0, 0.05) is 10.9 Å². The third-order valence-corrected chi connectivity index (χ3v) is 5.04. The van der Waals surface area contributed by atoms with Crippen LogP contribution in [0.2, 0.25) is 0 Å². The van der Waals surface area contributed by atoms with Crippen molar-refractivity contribution in [3.05, 3.63) is 94.3 Å². The van der Waals surface area contributed by atoms with Crippen molar-refractivity contribution in [1.82, 2.24) is 4.98 Å². The number of fused-ring (bicyclic) bond motifs is 4. The summed E-state index contributed by atoms with van der Waals surface area (Å²) in [5.74, 6) is 0.143. The fourth-order valence-electron chi connectivity index (χ4n) is 3.70. The second-order valence-electron chi connectivity index (χ2n) is 6.91. The number of pyridine rings is 1. The molecule has 29 heavy (non-hydrogen) atoms. The van der Waals surface area contributed by atoms with Crippen LogP contribution in [0.15, 0.2) is 82.0 Å². The van der Waals surface area contributed by atoms with E-state index in [4.69, 9.17) is 4.42 Å². The van der Waals surface area contributed by atoms with E-state index in [0.717, 1.165) is 16.2 Å². The van der Waals surface area contributed by atoms with Crippen molar-refractivity contribution in [2.45, 2.75) is 6.92 Å². The molecule has 2 heterocycles. The van der Waals surface area contributed by atoms with Gasteiger partial charge in [0.2, 0.25) is 0 Å². The zero-order chi connectivity index (χ0) is 20.0. The fourth-order valence-corrected chi connectivity index (χ4v) is 3.70. The van der Waals surface area contributed by atoms with Crippen LogP contribution < -0.4 is 10.9 Å². The number of carbonyl (C=O) groups is 1. The number of para-hydroxylation sites is 1. The Morgan fingerprint density at radius 3 is 2.52 bits per heavy atom. The van der Waals surface area contributed by atoms with E-state index in [2.05, 4.69) is 10.3 Å². The number of anilines is 1. The number of hydrogen-bond acceptors (Lipinski definition) is 4. The van der Waals surface area contributed by atoms with Crippen LogP contribution in [0.25, 0.3) is 32.6 Å². The average molecular weight is 380 g/mol. The van der Waals surface area contributed by atoms with Crippen molar-refractivity contribution in [3.63, 3.8) is 0 Å². The molecule has 5 heteroatoms. The predicted octanol–water partition coefficient (Wildman–Crippen LogP) is 5.06. The number of amides is 1. The standard InChI is InChI=1S/C24H16N2O3/c1-14-13-20(25-22-18-10-4-5-12-19(18)29-24(28)21(14)22)26-23(27)17-11-6-8-15-7-2-3-9-16(15)17/h2-13H,1H3,(H,25,26,27). The van der Waals surface area contributed by atoms with Crippen LogP contribution in [0.4, 0.5) is 5.82 Å². The normalized spacial score (nSPS) is 11.2. The van der Waals surface area contributed by atoms with Crippen LogP contribution in [0.5, 0.6) is 0 Å². The Hall–Kier alpha value is -3.99. The number of aromatic nitrogens is 1. The van der Waals surface area contributed by atoms with E-state index in [0.29, 0.717) is 33.4 Å². The zero-order valence-corrected chi connectivity index (χ0v) is 15.6. The van der Waals surface area contributed by atoms with Crippen LogP contribution in [0, 0.1) is 6.92 Å². The molecule has 0 saturated carbocycles. The fraction of sp³-hybridized carbons (Fsp3) is 0.0417. The van der Waals surface area contributed by atoms with Gasteiger partial charge in [-0.05, 0) is 47.5 Å². The molecular formula is C24H16N2O3. The smallest absolute Gasteiger partial charge is 0.346 e. The van der Waals surface area contributed by atoms with Crippen molar-refractivity contribution < 1.29 is 9.21 Å². The number of carbonyl (C=O) groups excluding carboxylic acids is 1. The Morgan fingerprint density at radius 2 is 1.66 bits per heavy atom. The third kappa shape index (κ3) is 2.84. The molecule has 5 aromatic rings. The molecule has 0 bridgehead atoms. The van der Waals surface area contributed by atoms with Gasteiger partial charge in [-0.15, -0.1) is 0 Å². The number of benzene rings is 3. The number of aryl methyl sites for hydroxylation is 1. The maximum absolute atomic E-state index is 13.0. The Kier molecular flexibility index (Phi) is 3.88. The summed E-state index contributed by atoms with van der Waals surface area (Å²) in [6.07, 6.45) is 0. The van der Waals surface area contributed by atoms with E-state index in [-0.39, 0.29) is 5.91 Å². The van der Waals surface area contributed by atoms with Crippen molar-refractivity contribution in [3.8, 4) is 0 Å². The second-order valence-corrected chi connectivity index (χ2v) is 6.91. The molecule has 0 radical (unpaired) electrons. The Bertz CT molecular complexity index is 1480. The molecule has 3 aromatic carbocycles. The van der Waals surface area contributed by atoms with E-state index in [9.17, 15) is 9.59 Å². The summed E-state index contributed by atoms with van der Waals surface area (Å²) >= 11 is 0. The molecule has 0 spiro atoms. The van der Waals surface area contributed by atoms with Gasteiger partial charge in [0.15, 0.2) is 0 Å². The summed E-state index contributed by atoms with van der Waals surface area (Å²) in [6.45, 7) is 1.81. The monoisotopic (exact) mass is 380 g/mol. The molecule has 0 fully saturated rings. The maximum Gasteiger partial charge on any atom is 0.346 e. The highest BCUT2D eigenvalue weighted by Crippen LogP contribution is 2.26. The summed E-state index contributed by atoms with van der Waals surface area (Å²) in [7, 11) is 0. The topological polar surface area (TPSA) is 72.2 Å². The highest BCUT2D eigenvalue weighted by molar-refractivity contribution is 6.13. The molecule has 140 valence electrons. The van der Waals surface area contributed by atoms with E-state index in [1.165, 1.54) is 0 Å². The molecule has 0 aliphatic rings. The highest BCUT2D eigenvalue weighted by atomic mass is 16.4. The molecule has 5 nitrogen and oxygen atoms in total. The van der Waals surface area contributed by atoms with Gasteiger partial charge in [-0.3, -0.25) is 4.79 Å². The molecule has 5 rings (SSSR count). The average Bonchev–Trinajstić information content (AvgIpc) is 2.73. The summed E-state index contributed by atoms with van der Waals surface area (Å²) < 4.78 is 5.41. The van der Waals surface area contributed by atoms with Gasteiger partial charge in [-0.2, -0.15) is 0 Å². The molecular weight excluding hydrogens is 364 g/mol. The molecule has 0 unspecified atom stereocenters. The van der Waals surface area contributed by atoms with Crippen LogP contribution >= 0.6 is 0 Å².